The fraction of sp³-hybridized carbons (Fsp3) is 0.269. The molecule has 0 unspecified atom stereocenters. The van der Waals surface area contributed by atoms with Crippen LogP contribution in [0.1, 0.15) is 43.4 Å². The normalized spacial score (nSPS) is 14.4. The van der Waals surface area contributed by atoms with Crippen LogP contribution in [0.5, 0.6) is 0 Å². The molecule has 2 aromatic carbocycles. The minimum Gasteiger partial charge on any atom is -0.167 e. The third kappa shape index (κ3) is 2.92. The van der Waals surface area contributed by atoms with Crippen molar-refractivity contribution < 1.29 is 4.57 Å². The first-order valence-corrected chi connectivity index (χ1v) is 10.00. The number of hydrogen-bond acceptors (Lipinski definition) is 0. The van der Waals surface area contributed by atoms with Gasteiger partial charge in [0.15, 0.2) is 12.4 Å². The average Bonchev–Trinajstić information content (AvgIpc) is 2.84. The van der Waals surface area contributed by atoms with E-state index in [9.17, 15) is 0 Å². The third-order valence-corrected chi connectivity index (χ3v) is 6.24. The number of allylic oxidation sites excluding steroid dienone is 1. The maximum Gasteiger partial charge on any atom is 0.218 e. The highest BCUT2D eigenvalue weighted by Crippen LogP contribution is 2.42. The zero-order chi connectivity index (χ0) is 19.0. The van der Waals surface area contributed by atoms with Gasteiger partial charge in [-0.25, -0.2) is 0 Å². The molecule has 1 heteroatoms. The molecule has 2 heterocycles. The zero-order valence-electron chi connectivity index (χ0n) is 16.8. The standard InChI is InChI=1S/C26H28N/c1-5-26(6-2)14-16-27-15-8-7-9-25(27)23-18-21(12-13-24(23)26)22-17-19(3)10-11-20(22)4/h7-18H,5-6H2,1-4H3/q+1. The molecule has 0 aliphatic carbocycles. The van der Waals surface area contributed by atoms with E-state index in [1.165, 1.54) is 39.1 Å². The number of rotatable bonds is 3. The molecule has 0 N–H and O–H groups in total. The Bertz CT molecular complexity index is 1020. The Morgan fingerprint density at radius 2 is 1.67 bits per heavy atom. The summed E-state index contributed by atoms with van der Waals surface area (Å²) in [6.45, 7) is 8.97. The van der Waals surface area contributed by atoms with Gasteiger partial charge in [-0.05, 0) is 67.2 Å². The third-order valence-electron chi connectivity index (χ3n) is 6.24. The van der Waals surface area contributed by atoms with E-state index in [0.717, 1.165) is 12.8 Å². The predicted molar refractivity (Wildman–Crippen MR) is 115 cm³/mol. The topological polar surface area (TPSA) is 3.88 Å². The molecule has 0 radical (unpaired) electrons. The molecule has 0 bridgehead atoms. The molecule has 1 aromatic heterocycles. The van der Waals surface area contributed by atoms with Crippen molar-refractivity contribution in [2.24, 2.45) is 0 Å². The molecule has 1 aliphatic rings. The van der Waals surface area contributed by atoms with Crippen molar-refractivity contribution >= 4 is 6.20 Å². The molecular weight excluding hydrogens is 326 g/mol. The Morgan fingerprint density at radius 1 is 0.852 bits per heavy atom. The Balaban J connectivity index is 2.01. The van der Waals surface area contributed by atoms with E-state index in [4.69, 9.17) is 0 Å². The van der Waals surface area contributed by atoms with E-state index in [1.54, 1.807) is 0 Å². The molecular formula is C26H28N+. The lowest BCUT2D eigenvalue weighted by atomic mass is 9.73. The number of fused-ring (bicyclic) bond motifs is 3. The summed E-state index contributed by atoms with van der Waals surface area (Å²) in [5, 5.41) is 0. The monoisotopic (exact) mass is 354 g/mol. The van der Waals surface area contributed by atoms with Crippen LogP contribution in [0.25, 0.3) is 28.6 Å². The summed E-state index contributed by atoms with van der Waals surface area (Å²) < 4.78 is 2.26. The number of pyridine rings is 1. The number of hydrogen-bond donors (Lipinski definition) is 0. The Labute approximate surface area is 163 Å². The lowest BCUT2D eigenvalue weighted by Crippen LogP contribution is -2.27. The minimum absolute atomic E-state index is 0.0849. The molecule has 4 rings (SSSR count). The lowest BCUT2D eigenvalue weighted by molar-refractivity contribution is -0.556. The van der Waals surface area contributed by atoms with Gasteiger partial charge in [0.2, 0.25) is 5.69 Å². The molecule has 27 heavy (non-hydrogen) atoms. The summed E-state index contributed by atoms with van der Waals surface area (Å²) in [4.78, 5) is 0. The van der Waals surface area contributed by atoms with Crippen LogP contribution in [-0.2, 0) is 5.41 Å². The Hall–Kier alpha value is -2.67. The maximum absolute atomic E-state index is 2.40. The molecule has 0 saturated heterocycles. The van der Waals surface area contributed by atoms with E-state index in [0.29, 0.717) is 0 Å². The molecule has 1 aliphatic heterocycles. The molecule has 0 saturated carbocycles. The van der Waals surface area contributed by atoms with Gasteiger partial charge in [0.05, 0.1) is 5.56 Å². The van der Waals surface area contributed by atoms with Crippen molar-refractivity contribution in [3.63, 3.8) is 0 Å². The molecule has 3 aromatic rings. The highest BCUT2D eigenvalue weighted by Gasteiger charge is 2.33. The largest absolute Gasteiger partial charge is 0.218 e. The summed E-state index contributed by atoms with van der Waals surface area (Å²) >= 11 is 0. The number of benzene rings is 2. The van der Waals surface area contributed by atoms with E-state index >= 15 is 0 Å². The van der Waals surface area contributed by atoms with Gasteiger partial charge in [0.25, 0.3) is 0 Å². The number of aryl methyl sites for hydroxylation is 2. The van der Waals surface area contributed by atoms with Crippen LogP contribution in [0.15, 0.2) is 66.9 Å². The van der Waals surface area contributed by atoms with Crippen molar-refractivity contribution in [3.8, 4) is 22.4 Å². The average molecular weight is 355 g/mol. The van der Waals surface area contributed by atoms with Gasteiger partial charge in [0, 0.05) is 17.5 Å². The van der Waals surface area contributed by atoms with Crippen LogP contribution in [0.2, 0.25) is 0 Å². The fourth-order valence-corrected chi connectivity index (χ4v) is 4.40. The summed E-state index contributed by atoms with van der Waals surface area (Å²) in [6, 6.07) is 20.3. The molecule has 0 atom stereocenters. The van der Waals surface area contributed by atoms with Crippen molar-refractivity contribution in [3.05, 3.63) is 83.6 Å². The Morgan fingerprint density at radius 3 is 2.44 bits per heavy atom. The van der Waals surface area contributed by atoms with Crippen molar-refractivity contribution in [2.45, 2.75) is 46.0 Å². The molecule has 0 amide bonds. The van der Waals surface area contributed by atoms with Crippen molar-refractivity contribution in [1.29, 1.82) is 0 Å². The SMILES string of the molecule is CCC1(CC)C=C[n+]2ccccc2-c2cc(-c3cc(C)ccc3C)ccc21. The molecule has 0 spiro atoms. The predicted octanol–water partition coefficient (Wildman–Crippen LogP) is 6.47. The number of aromatic nitrogens is 1. The second-order valence-corrected chi connectivity index (χ2v) is 7.75. The van der Waals surface area contributed by atoms with Gasteiger partial charge in [-0.3, -0.25) is 0 Å². The minimum atomic E-state index is 0.0849. The number of nitrogens with zero attached hydrogens (tertiary/aromatic N) is 1. The van der Waals surface area contributed by atoms with Gasteiger partial charge >= 0.3 is 0 Å². The fourth-order valence-electron chi connectivity index (χ4n) is 4.40. The summed E-state index contributed by atoms with van der Waals surface area (Å²) in [5.41, 5.74) is 9.40. The second-order valence-electron chi connectivity index (χ2n) is 7.75. The molecule has 0 fully saturated rings. The van der Waals surface area contributed by atoms with Crippen LogP contribution in [0.3, 0.4) is 0 Å². The molecule has 1 nitrogen and oxygen atoms in total. The first kappa shape index (κ1) is 17.7. The van der Waals surface area contributed by atoms with Crippen molar-refractivity contribution in [2.75, 3.05) is 0 Å². The van der Waals surface area contributed by atoms with Crippen LogP contribution in [0.4, 0.5) is 0 Å². The van der Waals surface area contributed by atoms with E-state index in [-0.39, 0.29) is 5.41 Å². The zero-order valence-corrected chi connectivity index (χ0v) is 16.8. The smallest absolute Gasteiger partial charge is 0.167 e. The maximum atomic E-state index is 2.40. The summed E-state index contributed by atoms with van der Waals surface area (Å²) in [5.74, 6) is 0. The quantitative estimate of drug-likeness (QED) is 0.475. The first-order chi connectivity index (χ1) is 13.1. The lowest BCUT2D eigenvalue weighted by Gasteiger charge is -2.29. The van der Waals surface area contributed by atoms with Gasteiger partial charge in [-0.15, -0.1) is 0 Å². The van der Waals surface area contributed by atoms with E-state index < -0.39 is 0 Å². The van der Waals surface area contributed by atoms with Crippen LogP contribution in [0, 0.1) is 13.8 Å². The summed E-state index contributed by atoms with van der Waals surface area (Å²) in [7, 11) is 0. The van der Waals surface area contributed by atoms with Gasteiger partial charge in [-0.2, -0.15) is 4.57 Å². The highest BCUT2D eigenvalue weighted by atomic mass is 14.9. The second kappa shape index (κ2) is 6.81. The van der Waals surface area contributed by atoms with Gasteiger partial charge in [-0.1, -0.05) is 49.7 Å². The van der Waals surface area contributed by atoms with E-state index in [2.05, 4.69) is 105 Å². The van der Waals surface area contributed by atoms with Gasteiger partial charge < -0.3 is 0 Å². The van der Waals surface area contributed by atoms with Crippen LogP contribution < -0.4 is 4.57 Å². The summed E-state index contributed by atoms with van der Waals surface area (Å²) in [6.07, 6.45) is 9.01. The van der Waals surface area contributed by atoms with Crippen LogP contribution in [-0.4, -0.2) is 0 Å². The highest BCUT2D eigenvalue weighted by molar-refractivity contribution is 5.77. The van der Waals surface area contributed by atoms with Crippen molar-refractivity contribution in [1.82, 2.24) is 0 Å². The van der Waals surface area contributed by atoms with E-state index in [1.807, 2.05) is 0 Å². The van der Waals surface area contributed by atoms with Crippen LogP contribution >= 0.6 is 0 Å². The Kier molecular flexibility index (Phi) is 4.47. The first-order valence-electron chi connectivity index (χ1n) is 10.00. The van der Waals surface area contributed by atoms with Gasteiger partial charge in [0.1, 0.15) is 0 Å². The molecule has 136 valence electrons.